The maximum Gasteiger partial charge on any atom is 0.184 e. The van der Waals surface area contributed by atoms with Crippen LogP contribution in [0, 0.1) is 0 Å². The standard InChI is InChI=1S/C15H9Br2NO/c16-13-8-11(19-15(13)17)9-18-14-7-3-5-10-4-1-2-6-12(10)14/h1-9H. The highest BCUT2D eigenvalue weighted by atomic mass is 79.9. The van der Waals surface area contributed by atoms with Gasteiger partial charge in [0.25, 0.3) is 0 Å². The second-order valence-electron chi connectivity index (χ2n) is 4.03. The molecule has 0 atom stereocenters. The first-order chi connectivity index (χ1) is 9.24. The molecule has 1 aromatic heterocycles. The number of fused-ring (bicyclic) bond motifs is 1. The summed E-state index contributed by atoms with van der Waals surface area (Å²) in [6, 6.07) is 16.1. The molecular formula is C15H9Br2NO. The fraction of sp³-hybridized carbons (Fsp3) is 0. The van der Waals surface area contributed by atoms with Gasteiger partial charge in [-0.1, -0.05) is 36.4 Å². The number of aliphatic imine (C=N–C) groups is 1. The van der Waals surface area contributed by atoms with E-state index in [0.29, 0.717) is 10.4 Å². The molecule has 0 spiro atoms. The van der Waals surface area contributed by atoms with Gasteiger partial charge in [0.2, 0.25) is 0 Å². The molecule has 19 heavy (non-hydrogen) atoms. The predicted octanol–water partition coefficient (Wildman–Crippen LogP) is 5.71. The smallest absolute Gasteiger partial charge is 0.184 e. The maximum absolute atomic E-state index is 5.47. The molecule has 0 fully saturated rings. The molecule has 0 unspecified atom stereocenters. The Hall–Kier alpha value is -1.39. The Balaban J connectivity index is 2.01. The zero-order valence-corrected chi connectivity index (χ0v) is 13.0. The summed E-state index contributed by atoms with van der Waals surface area (Å²) < 4.78 is 7.02. The topological polar surface area (TPSA) is 25.5 Å². The molecule has 0 radical (unpaired) electrons. The maximum atomic E-state index is 5.47. The van der Waals surface area contributed by atoms with Crippen LogP contribution in [0.25, 0.3) is 10.8 Å². The van der Waals surface area contributed by atoms with Gasteiger partial charge in [-0.15, -0.1) is 0 Å². The lowest BCUT2D eigenvalue weighted by Gasteiger charge is -2.00. The largest absolute Gasteiger partial charge is 0.447 e. The van der Waals surface area contributed by atoms with E-state index < -0.39 is 0 Å². The van der Waals surface area contributed by atoms with Crippen molar-refractivity contribution in [1.82, 2.24) is 0 Å². The molecule has 0 amide bonds. The first kappa shape index (κ1) is 12.6. The first-order valence-electron chi connectivity index (χ1n) is 5.71. The summed E-state index contributed by atoms with van der Waals surface area (Å²) in [4.78, 5) is 4.50. The normalized spacial score (nSPS) is 11.5. The Morgan fingerprint density at radius 2 is 1.79 bits per heavy atom. The van der Waals surface area contributed by atoms with Crippen molar-refractivity contribution >= 4 is 54.5 Å². The Morgan fingerprint density at radius 3 is 2.58 bits per heavy atom. The molecule has 3 aromatic rings. The summed E-state index contributed by atoms with van der Waals surface area (Å²) in [5, 5.41) is 2.31. The van der Waals surface area contributed by atoms with E-state index >= 15 is 0 Å². The third kappa shape index (κ3) is 2.65. The molecule has 94 valence electrons. The summed E-state index contributed by atoms with van der Waals surface area (Å²) in [5.74, 6) is 0.701. The molecule has 0 aliphatic carbocycles. The lowest BCUT2D eigenvalue weighted by molar-refractivity contribution is 0.533. The van der Waals surface area contributed by atoms with Crippen LogP contribution in [0.4, 0.5) is 5.69 Å². The number of hydrogen-bond donors (Lipinski definition) is 0. The zero-order chi connectivity index (χ0) is 13.2. The van der Waals surface area contributed by atoms with Crippen molar-refractivity contribution in [3.8, 4) is 0 Å². The predicted molar refractivity (Wildman–Crippen MR) is 85.3 cm³/mol. The lowest BCUT2D eigenvalue weighted by atomic mass is 10.1. The van der Waals surface area contributed by atoms with Crippen LogP contribution in [-0.2, 0) is 0 Å². The van der Waals surface area contributed by atoms with E-state index in [1.165, 1.54) is 5.39 Å². The van der Waals surface area contributed by atoms with E-state index in [9.17, 15) is 0 Å². The van der Waals surface area contributed by atoms with Gasteiger partial charge in [-0.2, -0.15) is 0 Å². The number of nitrogens with zero attached hydrogens (tertiary/aromatic N) is 1. The fourth-order valence-corrected chi connectivity index (χ4v) is 2.49. The van der Waals surface area contributed by atoms with E-state index in [-0.39, 0.29) is 0 Å². The quantitative estimate of drug-likeness (QED) is 0.524. The van der Waals surface area contributed by atoms with Crippen LogP contribution in [0.3, 0.4) is 0 Å². The van der Waals surface area contributed by atoms with Crippen molar-refractivity contribution in [2.24, 2.45) is 4.99 Å². The Morgan fingerprint density at radius 1 is 1.00 bits per heavy atom. The van der Waals surface area contributed by atoms with E-state index in [0.717, 1.165) is 15.5 Å². The second kappa shape index (κ2) is 5.31. The highest BCUT2D eigenvalue weighted by molar-refractivity contribution is 9.13. The minimum Gasteiger partial charge on any atom is -0.447 e. The fourth-order valence-electron chi connectivity index (χ4n) is 1.88. The summed E-state index contributed by atoms with van der Waals surface area (Å²) >= 11 is 6.69. The highest BCUT2D eigenvalue weighted by Crippen LogP contribution is 2.28. The van der Waals surface area contributed by atoms with Crippen molar-refractivity contribution in [3.05, 3.63) is 63.4 Å². The van der Waals surface area contributed by atoms with E-state index in [4.69, 9.17) is 4.42 Å². The molecule has 2 aromatic carbocycles. The molecular weight excluding hydrogens is 370 g/mol. The van der Waals surface area contributed by atoms with Gasteiger partial charge in [0, 0.05) is 11.5 Å². The molecule has 0 N–H and O–H groups in total. The molecule has 0 saturated heterocycles. The zero-order valence-electron chi connectivity index (χ0n) is 9.81. The highest BCUT2D eigenvalue weighted by Gasteiger charge is 2.04. The Labute approximate surface area is 127 Å². The average Bonchev–Trinajstić information content (AvgIpc) is 2.75. The van der Waals surface area contributed by atoms with Crippen molar-refractivity contribution in [2.75, 3.05) is 0 Å². The minimum atomic E-state index is 0.673. The molecule has 4 heteroatoms. The SMILES string of the molecule is Brc1cc(C=Nc2cccc3ccccc23)oc1Br. The van der Waals surface area contributed by atoms with E-state index in [1.54, 1.807) is 6.21 Å². The van der Waals surface area contributed by atoms with Gasteiger partial charge in [-0.05, 0) is 43.3 Å². The van der Waals surface area contributed by atoms with Gasteiger partial charge in [-0.3, -0.25) is 4.99 Å². The third-order valence-corrected chi connectivity index (χ3v) is 4.47. The lowest BCUT2D eigenvalue weighted by Crippen LogP contribution is -1.76. The Kier molecular flexibility index (Phi) is 3.53. The summed E-state index contributed by atoms with van der Waals surface area (Å²) in [6.07, 6.45) is 1.72. The molecule has 1 heterocycles. The summed E-state index contributed by atoms with van der Waals surface area (Å²) in [7, 11) is 0. The van der Waals surface area contributed by atoms with Crippen LogP contribution >= 0.6 is 31.9 Å². The van der Waals surface area contributed by atoms with Crippen LogP contribution in [0.2, 0.25) is 0 Å². The van der Waals surface area contributed by atoms with Gasteiger partial charge in [0.1, 0.15) is 5.76 Å². The van der Waals surface area contributed by atoms with Crippen molar-refractivity contribution < 1.29 is 4.42 Å². The van der Waals surface area contributed by atoms with Crippen LogP contribution in [0.1, 0.15) is 5.76 Å². The first-order valence-corrected chi connectivity index (χ1v) is 7.29. The number of halogens is 2. The van der Waals surface area contributed by atoms with Crippen LogP contribution in [0.15, 0.2) is 67.1 Å². The van der Waals surface area contributed by atoms with Gasteiger partial charge in [-0.25, -0.2) is 0 Å². The van der Waals surface area contributed by atoms with Crippen molar-refractivity contribution in [1.29, 1.82) is 0 Å². The van der Waals surface area contributed by atoms with Gasteiger partial charge in [0.15, 0.2) is 4.67 Å². The third-order valence-electron chi connectivity index (χ3n) is 2.76. The van der Waals surface area contributed by atoms with Crippen molar-refractivity contribution in [2.45, 2.75) is 0 Å². The van der Waals surface area contributed by atoms with Gasteiger partial charge >= 0.3 is 0 Å². The summed E-state index contributed by atoms with van der Waals surface area (Å²) in [6.45, 7) is 0. The van der Waals surface area contributed by atoms with E-state index in [2.05, 4.69) is 55.1 Å². The molecule has 0 saturated carbocycles. The van der Waals surface area contributed by atoms with Crippen LogP contribution in [0.5, 0.6) is 0 Å². The van der Waals surface area contributed by atoms with Crippen LogP contribution < -0.4 is 0 Å². The van der Waals surface area contributed by atoms with Gasteiger partial charge < -0.3 is 4.42 Å². The molecule has 0 bridgehead atoms. The van der Waals surface area contributed by atoms with E-state index in [1.807, 2.05) is 30.3 Å². The Bertz CT molecular complexity index is 737. The van der Waals surface area contributed by atoms with Gasteiger partial charge in [0.05, 0.1) is 16.4 Å². The molecule has 3 rings (SSSR count). The molecule has 0 aliphatic rings. The summed E-state index contributed by atoms with van der Waals surface area (Å²) in [5.41, 5.74) is 0.932. The minimum absolute atomic E-state index is 0.673. The molecule has 2 nitrogen and oxygen atoms in total. The number of benzene rings is 2. The van der Waals surface area contributed by atoms with Crippen molar-refractivity contribution in [3.63, 3.8) is 0 Å². The number of furan rings is 1. The molecule has 0 aliphatic heterocycles. The number of hydrogen-bond acceptors (Lipinski definition) is 2. The van der Waals surface area contributed by atoms with Crippen LogP contribution in [-0.4, -0.2) is 6.21 Å². The number of rotatable bonds is 2. The monoisotopic (exact) mass is 377 g/mol. The second-order valence-corrected chi connectivity index (χ2v) is 5.60. The average molecular weight is 379 g/mol.